The number of hydrogen-bond acceptors (Lipinski definition) is 31. The molecule has 0 saturated heterocycles. The van der Waals surface area contributed by atoms with Crippen molar-refractivity contribution in [2.45, 2.75) is 157 Å². The van der Waals surface area contributed by atoms with Crippen LogP contribution in [-0.2, 0) is 84.6 Å². The molecular formula is C72H82Cl2N12O27S4. The Kier molecular flexibility index (Phi) is 33.9. The number of benzene rings is 4. The van der Waals surface area contributed by atoms with E-state index in [2.05, 4.69) is 58.8 Å². The van der Waals surface area contributed by atoms with Crippen molar-refractivity contribution in [2.24, 2.45) is 0 Å². The molecule has 0 spiro atoms. The molecular weight excluding hydrogens is 1660 g/mol. The predicted molar refractivity (Wildman–Crippen MR) is 417 cm³/mol. The van der Waals surface area contributed by atoms with Gasteiger partial charge in [0.1, 0.15) is 44.5 Å². The number of carbonyl (C=O) groups is 8. The average molecular weight is 1750 g/mol. The first kappa shape index (κ1) is 95.5. The molecule has 0 aliphatic heterocycles. The number of hydrogen-bond donors (Lipinski definition) is 8. The fraction of sp³-hybridized carbons (Fsp3) is 0.333. The summed E-state index contributed by atoms with van der Waals surface area (Å²) in [5.74, 6) is -6.93. The van der Waals surface area contributed by atoms with Crippen LogP contribution >= 0.6 is 23.2 Å². The smallest absolute Gasteiger partial charge is 0.338 e. The summed E-state index contributed by atoms with van der Waals surface area (Å²) in [6, 6.07) is 19.4. The molecule has 0 aliphatic rings. The molecule has 0 atom stereocenters. The molecule has 0 aliphatic carbocycles. The molecule has 4 aromatic heterocycles. The number of halogens is 2. The van der Waals surface area contributed by atoms with Gasteiger partial charge in [0.2, 0.25) is 23.8 Å². The number of esters is 4. The minimum atomic E-state index is -4.24. The van der Waals surface area contributed by atoms with E-state index in [0.29, 0.717) is 12.2 Å². The van der Waals surface area contributed by atoms with Crippen molar-refractivity contribution in [2.75, 3.05) is 38.7 Å². The molecule has 8 aromatic rings. The second kappa shape index (κ2) is 41.5. The van der Waals surface area contributed by atoms with Gasteiger partial charge in [-0.3, -0.25) is 19.2 Å². The number of rotatable bonds is 31. The minimum Gasteiger partial charge on any atom is -0.493 e. The van der Waals surface area contributed by atoms with E-state index in [1.165, 1.54) is 60.7 Å². The zero-order chi connectivity index (χ0) is 87.7. The maximum atomic E-state index is 12.6. The van der Waals surface area contributed by atoms with Crippen molar-refractivity contribution in [3.05, 3.63) is 172 Å². The van der Waals surface area contributed by atoms with E-state index in [1.807, 2.05) is 0 Å². The molecule has 4 heterocycles. The highest BCUT2D eigenvalue weighted by Crippen LogP contribution is 2.35. The molecule has 0 radical (unpaired) electrons. The van der Waals surface area contributed by atoms with Gasteiger partial charge in [0.25, 0.3) is 40.1 Å². The second-order valence-electron chi connectivity index (χ2n) is 27.8. The van der Waals surface area contributed by atoms with Crippen molar-refractivity contribution in [1.29, 1.82) is 0 Å². The van der Waals surface area contributed by atoms with Crippen molar-refractivity contribution >= 4 is 135 Å². The number of carbonyl (C=O) groups excluding carboxylic acids is 4. The fourth-order valence-corrected chi connectivity index (χ4v) is 13.0. The van der Waals surface area contributed by atoms with E-state index in [-0.39, 0.29) is 139 Å². The Hall–Kier alpha value is -12.1. The Morgan fingerprint density at radius 1 is 0.350 bits per heavy atom. The molecule has 39 nitrogen and oxygen atoms in total. The number of anilines is 4. The summed E-state index contributed by atoms with van der Waals surface area (Å²) in [5.41, 5.74) is -2.26. The van der Waals surface area contributed by atoms with Crippen LogP contribution in [0.2, 0.25) is 10.0 Å². The van der Waals surface area contributed by atoms with Crippen LogP contribution in [0.1, 0.15) is 156 Å². The average Bonchev–Trinajstić information content (AvgIpc) is 0.809. The highest BCUT2D eigenvalue weighted by atomic mass is 35.5. The SMILES string of the molecule is CC(C)(C)OC(=O)CCOc1cc(Cl)c(S(=O)(=O)Nc2ncc(C(=O)O)cn2)cc1Cl.CC(C)(C)OC(=O)CCOc1ccc(S(=O)(=O)Nc2ncc(C(=O)O)cn2)cc1.CC(C)(C)OC(=O)CCOc1cccc(S(=O)(=O)Nc2ncc(C(=O)O)cn2)c1.CC(C)(C)OC(=O)CCc1ccc(S(=O)(=O)Nc2ncc(C(=O)O)cn2)cc1. The molecule has 0 bridgehead atoms. The molecule has 0 saturated carbocycles. The van der Waals surface area contributed by atoms with Crippen LogP contribution in [0.5, 0.6) is 17.2 Å². The van der Waals surface area contributed by atoms with Crippen LogP contribution in [0.15, 0.2) is 154 Å². The van der Waals surface area contributed by atoms with Crippen LogP contribution in [0.25, 0.3) is 0 Å². The lowest BCUT2D eigenvalue weighted by atomic mass is 10.1. The molecule has 4 aromatic carbocycles. The van der Waals surface area contributed by atoms with Crippen LogP contribution in [0, 0.1) is 0 Å². The van der Waals surface area contributed by atoms with E-state index >= 15 is 0 Å². The largest absolute Gasteiger partial charge is 0.493 e. The normalized spacial score (nSPS) is 11.6. The summed E-state index contributed by atoms with van der Waals surface area (Å²) in [5, 5.41) is 35.0. The summed E-state index contributed by atoms with van der Waals surface area (Å²) < 4.78 is 145. The number of sulfonamides is 4. The van der Waals surface area contributed by atoms with E-state index < -0.39 is 104 Å². The lowest BCUT2D eigenvalue weighted by Crippen LogP contribution is -2.24. The molecule has 117 heavy (non-hydrogen) atoms. The number of aryl methyl sites for hydroxylation is 1. The Balaban J connectivity index is 0.000000278. The van der Waals surface area contributed by atoms with E-state index in [1.54, 1.807) is 101 Å². The molecule has 0 unspecified atom stereocenters. The maximum Gasteiger partial charge on any atom is 0.338 e. The number of aromatic carboxylic acids is 4. The van der Waals surface area contributed by atoms with Gasteiger partial charge in [-0.25, -0.2) is 112 Å². The Bertz CT molecular complexity index is 5310. The van der Waals surface area contributed by atoms with Crippen molar-refractivity contribution < 1.29 is 126 Å². The van der Waals surface area contributed by atoms with E-state index in [0.717, 1.165) is 61.2 Å². The van der Waals surface area contributed by atoms with Crippen molar-refractivity contribution in [1.82, 2.24) is 39.9 Å². The highest BCUT2D eigenvalue weighted by molar-refractivity contribution is 7.93. The monoisotopic (exact) mass is 1740 g/mol. The topological polar surface area (TPSA) is 570 Å². The van der Waals surface area contributed by atoms with Gasteiger partial charge in [-0.1, -0.05) is 41.4 Å². The zero-order valence-electron chi connectivity index (χ0n) is 64.5. The number of nitrogens with one attached hydrogen (secondary N) is 4. The van der Waals surface area contributed by atoms with Gasteiger partial charge in [0, 0.05) is 68.1 Å². The molecule has 0 amide bonds. The third-order valence-electron chi connectivity index (χ3n) is 13.3. The van der Waals surface area contributed by atoms with E-state index in [4.69, 9.17) is 76.8 Å². The van der Waals surface area contributed by atoms with Gasteiger partial charge in [0.15, 0.2) is 0 Å². The van der Waals surface area contributed by atoms with Gasteiger partial charge in [0.05, 0.1) is 86.1 Å². The van der Waals surface area contributed by atoms with Crippen LogP contribution in [-0.4, -0.2) is 184 Å². The van der Waals surface area contributed by atoms with Crippen molar-refractivity contribution in [3.63, 3.8) is 0 Å². The Labute approximate surface area is 681 Å². The van der Waals surface area contributed by atoms with E-state index in [9.17, 15) is 72.0 Å². The first-order valence-corrected chi connectivity index (χ1v) is 40.7. The molecule has 0 fully saturated rings. The van der Waals surface area contributed by atoms with Gasteiger partial charge >= 0.3 is 47.8 Å². The number of ether oxygens (including phenoxy) is 7. The number of carboxylic acids is 4. The quantitative estimate of drug-likeness (QED) is 0.0148. The summed E-state index contributed by atoms with van der Waals surface area (Å²) in [6.07, 6.45) is 8.51. The van der Waals surface area contributed by atoms with Gasteiger partial charge in [-0.05, 0) is 150 Å². The molecule has 45 heteroatoms. The summed E-state index contributed by atoms with van der Waals surface area (Å²) in [6.45, 7) is 21.2. The second-order valence-corrected chi connectivity index (χ2v) is 35.3. The Morgan fingerprint density at radius 2 is 0.650 bits per heavy atom. The third kappa shape index (κ3) is 34.5. The lowest BCUT2D eigenvalue weighted by molar-refractivity contribution is -0.156. The molecule has 8 N–H and O–H groups in total. The molecule has 8 rings (SSSR count). The Morgan fingerprint density at radius 3 is 0.983 bits per heavy atom. The lowest BCUT2D eigenvalue weighted by Gasteiger charge is -2.19. The number of aromatic nitrogens is 8. The van der Waals surface area contributed by atoms with Crippen LogP contribution in [0.3, 0.4) is 0 Å². The first-order chi connectivity index (χ1) is 54.2. The predicted octanol–water partition coefficient (Wildman–Crippen LogP) is 9.82. The minimum absolute atomic E-state index is 0.0102. The van der Waals surface area contributed by atoms with Crippen molar-refractivity contribution in [3.8, 4) is 17.2 Å². The van der Waals surface area contributed by atoms with Gasteiger partial charge in [-0.15, -0.1) is 0 Å². The van der Waals surface area contributed by atoms with Crippen LogP contribution < -0.4 is 33.1 Å². The third-order valence-corrected chi connectivity index (χ3v) is 19.4. The summed E-state index contributed by atoms with van der Waals surface area (Å²) >= 11 is 12.2. The van der Waals surface area contributed by atoms with Gasteiger partial charge in [-0.2, -0.15) is 0 Å². The summed E-state index contributed by atoms with van der Waals surface area (Å²) in [4.78, 5) is 119. The fourth-order valence-electron chi connectivity index (χ4n) is 8.35. The maximum absolute atomic E-state index is 12.6. The highest BCUT2D eigenvalue weighted by Gasteiger charge is 2.26. The molecule has 630 valence electrons. The number of carboxylic acid groups (broad SMARTS) is 4. The number of nitrogens with zero attached hydrogens (tertiary/aromatic N) is 8. The standard InChI is InChI=1S/C18H19Cl2N3O7S.2C18H21N3O7S.C18H21N3O6S/c1-18(2,3)30-15(24)4-5-29-13-6-12(20)14(7-11(13)19)31(27,28)23-17-21-8-10(9-22-17)16(25)26;1-18(2,3)28-15(22)8-9-27-13-4-6-14(7-5-13)29(25,26)21-17-19-10-12(11-20-17)16(23)24;1-18(2,3)28-15(22)7-8-27-13-5-4-6-14(9-13)29(25,26)21-17-19-10-12(11-20-17)16(23)24;1-18(2,3)27-15(22)9-6-12-4-7-14(8-5-12)28(25,26)21-17-19-10-13(11-20-17)16(23)24/h6-9H,4-5H2,1-3H3,(H,25,26)(H,21,22,23);4-7,10-11H,8-9H2,1-3H3,(H,23,24)(H,19,20,21);4-6,9-11H,7-8H2,1-3H3,(H,23,24)(H,19,20,21);4-5,7-8,10-11H,6,9H2,1-3H3,(H,23,24)(H,19,20,21). The summed E-state index contributed by atoms with van der Waals surface area (Å²) in [7, 11) is -16.2. The first-order valence-electron chi connectivity index (χ1n) is 34.0. The van der Waals surface area contributed by atoms with Crippen LogP contribution in [0.4, 0.5) is 23.8 Å². The zero-order valence-corrected chi connectivity index (χ0v) is 69.3. The van der Waals surface area contributed by atoms with Gasteiger partial charge < -0.3 is 53.6 Å².